The molecule has 1 N–H and O–H groups in total. The molecule has 144 valence electrons. The van der Waals surface area contributed by atoms with Crippen LogP contribution in [0.1, 0.15) is 39.2 Å². The molecule has 0 saturated heterocycles. The Balaban J connectivity index is 1.88. The van der Waals surface area contributed by atoms with Gasteiger partial charge in [-0.05, 0) is 50.0 Å². The first kappa shape index (κ1) is 19.7. The highest BCUT2D eigenvalue weighted by Gasteiger charge is 2.19. The zero-order valence-electron chi connectivity index (χ0n) is 16.3. The van der Waals surface area contributed by atoms with E-state index in [0.29, 0.717) is 11.4 Å². The minimum Gasteiger partial charge on any atom is -0.352 e. The maximum Gasteiger partial charge on any atom is 0.135 e. The highest BCUT2D eigenvalue weighted by atomic mass is 19.1. The first-order chi connectivity index (χ1) is 13.4. The number of rotatable bonds is 6. The van der Waals surface area contributed by atoms with Crippen LogP contribution >= 0.6 is 0 Å². The molecule has 2 aliphatic rings. The third-order valence-corrected chi connectivity index (χ3v) is 4.69. The van der Waals surface area contributed by atoms with Crippen LogP contribution in [0.2, 0.25) is 0 Å². The molecule has 5 heteroatoms. The zero-order valence-corrected chi connectivity index (χ0v) is 16.3. The van der Waals surface area contributed by atoms with Crippen molar-refractivity contribution in [2.75, 3.05) is 0 Å². The number of hydrogen-bond acceptors (Lipinski definition) is 3. The Morgan fingerprint density at radius 3 is 2.61 bits per heavy atom. The normalized spacial score (nSPS) is 16.8. The summed E-state index contributed by atoms with van der Waals surface area (Å²) in [6.07, 6.45) is 9.74. The van der Waals surface area contributed by atoms with Gasteiger partial charge in [0.15, 0.2) is 0 Å². The summed E-state index contributed by atoms with van der Waals surface area (Å²) in [6.45, 7) is 9.80. The van der Waals surface area contributed by atoms with Crippen molar-refractivity contribution in [3.05, 3.63) is 88.4 Å². The van der Waals surface area contributed by atoms with Crippen LogP contribution in [0.15, 0.2) is 81.2 Å². The second-order valence-electron chi connectivity index (χ2n) is 6.67. The van der Waals surface area contributed by atoms with Gasteiger partial charge in [-0.3, -0.25) is 9.98 Å². The minimum absolute atomic E-state index is 0.143. The van der Waals surface area contributed by atoms with Gasteiger partial charge in [0, 0.05) is 5.70 Å². The molecule has 1 aromatic carbocycles. The lowest BCUT2D eigenvalue weighted by Gasteiger charge is -2.19. The smallest absolute Gasteiger partial charge is 0.135 e. The van der Waals surface area contributed by atoms with Gasteiger partial charge in [0.05, 0.1) is 28.9 Å². The van der Waals surface area contributed by atoms with Crippen LogP contribution in [0.5, 0.6) is 0 Å². The first-order valence-corrected chi connectivity index (χ1v) is 9.23. The van der Waals surface area contributed by atoms with Crippen LogP contribution in [0.4, 0.5) is 8.78 Å². The lowest BCUT2D eigenvalue weighted by Crippen LogP contribution is -2.23. The highest BCUT2D eigenvalue weighted by Crippen LogP contribution is 2.26. The van der Waals surface area contributed by atoms with E-state index in [1.54, 1.807) is 6.21 Å². The van der Waals surface area contributed by atoms with Gasteiger partial charge in [-0.1, -0.05) is 37.8 Å². The van der Waals surface area contributed by atoms with E-state index in [9.17, 15) is 8.78 Å². The van der Waals surface area contributed by atoms with Crippen molar-refractivity contribution in [2.24, 2.45) is 9.98 Å². The Labute approximate surface area is 164 Å². The summed E-state index contributed by atoms with van der Waals surface area (Å²) in [6, 6.07) is 3.73. The van der Waals surface area contributed by atoms with E-state index in [1.165, 1.54) is 23.8 Å². The van der Waals surface area contributed by atoms with Gasteiger partial charge in [-0.2, -0.15) is 0 Å². The number of nitrogens with one attached hydrogen (secondary N) is 1. The predicted octanol–water partition coefficient (Wildman–Crippen LogP) is 5.85. The maximum atomic E-state index is 14.0. The molecular weight excluding hydrogens is 356 g/mol. The van der Waals surface area contributed by atoms with Crippen LogP contribution in [-0.2, 0) is 0 Å². The topological polar surface area (TPSA) is 36.8 Å². The fourth-order valence-corrected chi connectivity index (χ4v) is 3.13. The molecule has 3 nitrogen and oxygen atoms in total. The molecule has 0 bridgehead atoms. The van der Waals surface area contributed by atoms with Crippen molar-refractivity contribution < 1.29 is 8.78 Å². The van der Waals surface area contributed by atoms with Crippen LogP contribution in [-0.4, -0.2) is 11.9 Å². The standard InChI is InChI=1S/C23H23F2N3/c1-5-17-10-7-6-9-14(2)22(17)28-16(4)23-20(13-26-23)27-15(3)21-18(24)11-8-12-19(21)25/h7-13,27H,3,5-6H2,1-2,4H3. The molecule has 0 radical (unpaired) electrons. The minimum atomic E-state index is -0.662. The molecule has 1 heterocycles. The molecule has 0 atom stereocenters. The van der Waals surface area contributed by atoms with Crippen molar-refractivity contribution in [1.82, 2.24) is 5.32 Å². The van der Waals surface area contributed by atoms with Crippen molar-refractivity contribution >= 4 is 17.6 Å². The SMILES string of the molecule is C=C(NC1=C(C(C)=NC2=C(CC)C=CCC=C2C)N=C1)c1c(F)cccc1F. The summed E-state index contributed by atoms with van der Waals surface area (Å²) in [5.74, 6) is -1.32. The first-order valence-electron chi connectivity index (χ1n) is 9.23. The quantitative estimate of drug-likeness (QED) is 0.618. The van der Waals surface area contributed by atoms with E-state index in [1.807, 2.05) is 6.92 Å². The summed E-state index contributed by atoms with van der Waals surface area (Å²) < 4.78 is 27.9. The van der Waals surface area contributed by atoms with E-state index >= 15 is 0 Å². The largest absolute Gasteiger partial charge is 0.352 e. The Bertz CT molecular complexity index is 984. The van der Waals surface area contributed by atoms with Crippen LogP contribution in [0, 0.1) is 11.6 Å². The van der Waals surface area contributed by atoms with E-state index in [2.05, 4.69) is 49.0 Å². The van der Waals surface area contributed by atoms with Gasteiger partial charge in [-0.15, -0.1) is 0 Å². The van der Waals surface area contributed by atoms with E-state index in [4.69, 9.17) is 4.99 Å². The second-order valence-corrected chi connectivity index (χ2v) is 6.67. The maximum absolute atomic E-state index is 14.0. The molecule has 1 aliphatic heterocycles. The number of allylic oxidation sites excluding steroid dienone is 7. The van der Waals surface area contributed by atoms with Crippen LogP contribution in [0.3, 0.4) is 0 Å². The van der Waals surface area contributed by atoms with Crippen LogP contribution < -0.4 is 5.32 Å². The lowest BCUT2D eigenvalue weighted by atomic mass is 10.1. The van der Waals surface area contributed by atoms with Gasteiger partial charge >= 0.3 is 0 Å². The monoisotopic (exact) mass is 379 g/mol. The van der Waals surface area contributed by atoms with Gasteiger partial charge in [0.2, 0.25) is 0 Å². The van der Waals surface area contributed by atoms with E-state index < -0.39 is 11.6 Å². The molecular formula is C23H23F2N3. The molecule has 1 aromatic rings. The number of nitrogens with zero attached hydrogens (tertiary/aromatic N) is 2. The molecule has 0 spiro atoms. The molecule has 3 rings (SSSR count). The molecule has 1 aliphatic carbocycles. The van der Waals surface area contributed by atoms with Crippen molar-refractivity contribution in [1.29, 1.82) is 0 Å². The number of aliphatic imine (C=N–C) groups is 2. The zero-order chi connectivity index (χ0) is 20.3. The Kier molecular flexibility index (Phi) is 5.83. The highest BCUT2D eigenvalue weighted by molar-refractivity contribution is 6.09. The summed E-state index contributed by atoms with van der Waals surface area (Å²) in [4.78, 5) is 9.08. The molecule has 0 unspecified atom stereocenters. The Morgan fingerprint density at radius 2 is 2.00 bits per heavy atom. The fraction of sp³-hybridized carbons (Fsp3) is 0.217. The van der Waals surface area contributed by atoms with Gasteiger partial charge in [0.1, 0.15) is 17.3 Å². The lowest BCUT2D eigenvalue weighted by molar-refractivity contribution is 0.575. The average Bonchev–Trinajstić information content (AvgIpc) is 2.80. The van der Waals surface area contributed by atoms with Crippen molar-refractivity contribution in [3.63, 3.8) is 0 Å². The molecule has 0 fully saturated rings. The predicted molar refractivity (Wildman–Crippen MR) is 112 cm³/mol. The third-order valence-electron chi connectivity index (χ3n) is 4.69. The second kappa shape index (κ2) is 8.30. The van der Waals surface area contributed by atoms with E-state index in [-0.39, 0.29) is 11.3 Å². The summed E-state index contributed by atoms with van der Waals surface area (Å²) in [5, 5.41) is 2.96. The third kappa shape index (κ3) is 3.93. The van der Waals surface area contributed by atoms with E-state index in [0.717, 1.165) is 29.8 Å². The summed E-state index contributed by atoms with van der Waals surface area (Å²) >= 11 is 0. The fourth-order valence-electron chi connectivity index (χ4n) is 3.13. The average molecular weight is 379 g/mol. The Morgan fingerprint density at radius 1 is 1.29 bits per heavy atom. The van der Waals surface area contributed by atoms with Gasteiger partial charge < -0.3 is 5.32 Å². The molecule has 0 amide bonds. The number of halogens is 2. The Hall–Kier alpha value is -3.08. The summed E-state index contributed by atoms with van der Waals surface area (Å²) in [7, 11) is 0. The molecule has 28 heavy (non-hydrogen) atoms. The summed E-state index contributed by atoms with van der Waals surface area (Å²) in [5.41, 5.74) is 5.23. The van der Waals surface area contributed by atoms with Crippen molar-refractivity contribution in [3.8, 4) is 0 Å². The van der Waals surface area contributed by atoms with Gasteiger partial charge in [0.25, 0.3) is 0 Å². The number of benzene rings is 1. The van der Waals surface area contributed by atoms with Gasteiger partial charge in [-0.25, -0.2) is 8.78 Å². The molecule has 0 saturated carbocycles. The van der Waals surface area contributed by atoms with Crippen molar-refractivity contribution in [2.45, 2.75) is 33.6 Å². The number of hydrogen-bond donors (Lipinski definition) is 1. The molecule has 0 aromatic heterocycles. The van der Waals surface area contributed by atoms with Crippen LogP contribution in [0.25, 0.3) is 5.70 Å².